The van der Waals surface area contributed by atoms with Crippen molar-refractivity contribution in [3.8, 4) is 11.5 Å². The van der Waals surface area contributed by atoms with Crippen LogP contribution in [-0.4, -0.2) is 0 Å². The van der Waals surface area contributed by atoms with Gasteiger partial charge in [0, 0.05) is 0 Å². The van der Waals surface area contributed by atoms with Crippen LogP contribution in [0.5, 0.6) is 11.5 Å². The van der Waals surface area contributed by atoms with Gasteiger partial charge in [0.2, 0.25) is 0 Å². The number of hydrogen-bond donors (Lipinski definition) is 0. The summed E-state index contributed by atoms with van der Waals surface area (Å²) in [6, 6.07) is 12.2. The van der Waals surface area contributed by atoms with Gasteiger partial charge >= 0.3 is 118 Å². The minimum Gasteiger partial charge on any atom is -0.780 e. The van der Waals surface area contributed by atoms with Crippen molar-refractivity contribution in [3.05, 3.63) is 59.7 Å². The van der Waals surface area contributed by atoms with Gasteiger partial charge in [-0.25, -0.2) is 0 Å². The van der Waals surface area contributed by atoms with Crippen LogP contribution in [0.3, 0.4) is 0 Å². The van der Waals surface area contributed by atoms with Crippen LogP contribution >= 0.6 is 15.6 Å². The molecule has 0 unspecified atom stereocenters. The van der Waals surface area contributed by atoms with Crippen LogP contribution in [0.15, 0.2) is 48.5 Å². The summed E-state index contributed by atoms with van der Waals surface area (Å²) in [7, 11) is -10.2. The maximum absolute atomic E-state index is 10.7. The molecule has 8 nitrogen and oxygen atoms in total. The molecule has 0 saturated heterocycles. The molecular weight excluding hydrogens is 498 g/mol. The van der Waals surface area contributed by atoms with Crippen LogP contribution < -0.4 is 147 Å². The van der Waals surface area contributed by atoms with E-state index >= 15 is 0 Å². The number of benzene rings is 2. The van der Waals surface area contributed by atoms with Gasteiger partial charge in [0.25, 0.3) is 0 Å². The Bertz CT molecular complexity index is 863. The van der Waals surface area contributed by atoms with Crippen molar-refractivity contribution in [1.82, 2.24) is 0 Å². The summed E-state index contributed by atoms with van der Waals surface area (Å²) >= 11 is 0. The number of phosphoric acid groups is 2. The first kappa shape index (κ1) is 38.6. The molecule has 2 aromatic carbocycles. The van der Waals surface area contributed by atoms with Gasteiger partial charge in [-0.2, -0.15) is 0 Å². The van der Waals surface area contributed by atoms with Crippen molar-refractivity contribution < 1.29 is 156 Å². The predicted molar refractivity (Wildman–Crippen MR) is 96.7 cm³/mol. The fourth-order valence-electron chi connectivity index (χ4n) is 2.88. The van der Waals surface area contributed by atoms with Crippen LogP contribution in [0.2, 0.25) is 0 Å². The third-order valence-electron chi connectivity index (χ3n) is 3.91. The summed E-state index contributed by atoms with van der Waals surface area (Å²) in [4.78, 5) is 42.8. The second-order valence-corrected chi connectivity index (χ2v) is 7.94. The smallest absolute Gasteiger partial charge is 0.780 e. The molecule has 0 aliphatic heterocycles. The first-order valence-electron chi connectivity index (χ1n) is 8.38. The molecule has 0 saturated carbocycles. The Morgan fingerprint density at radius 3 is 1.06 bits per heavy atom. The number of hydrogen-bond acceptors (Lipinski definition) is 8. The van der Waals surface area contributed by atoms with E-state index in [2.05, 4.69) is 9.05 Å². The van der Waals surface area contributed by atoms with E-state index in [1.54, 1.807) is 24.3 Å². The largest absolute Gasteiger partial charge is 1.00 e. The average Bonchev–Trinajstić information content (AvgIpc) is 2.59. The summed E-state index contributed by atoms with van der Waals surface area (Å²) in [6.45, 7) is 3.92. The quantitative estimate of drug-likeness (QED) is 0.191. The van der Waals surface area contributed by atoms with Gasteiger partial charge < -0.3 is 37.8 Å². The molecule has 0 amide bonds. The number of phosphoric ester groups is 2. The molecule has 0 aromatic heterocycles. The van der Waals surface area contributed by atoms with E-state index in [0.717, 1.165) is 22.3 Å². The molecule has 0 aliphatic carbocycles. The molecular formula is C18H18Na4O8P2. The Balaban J connectivity index is -0.00000210. The minimum absolute atomic E-state index is 0. The van der Waals surface area contributed by atoms with Crippen molar-refractivity contribution in [2.24, 2.45) is 0 Å². The van der Waals surface area contributed by atoms with Crippen molar-refractivity contribution in [2.45, 2.75) is 26.7 Å². The first-order chi connectivity index (χ1) is 13.0. The Labute approximate surface area is 276 Å². The standard InChI is InChI=1S/C18H22O8P2.4Na/c1-3-17(13-5-9-15(10-6-13)25-27(19,20)21)18(4-2)14-7-11-16(12-8-14)26-28(22,23)24;;;;/h5-12H,3-4H2,1-2H3,(H2,19,20,21)(H2,22,23,24);;;;/q;4*+1/p-4. The summed E-state index contributed by atoms with van der Waals surface area (Å²) < 4.78 is 30.1. The third-order valence-corrected chi connectivity index (χ3v) is 4.78. The Morgan fingerprint density at radius 1 is 0.625 bits per heavy atom. The maximum atomic E-state index is 10.7. The zero-order chi connectivity index (χ0) is 20.9. The average molecular weight is 516 g/mol. The maximum Gasteiger partial charge on any atom is 1.00 e. The second kappa shape index (κ2) is 17.5. The van der Waals surface area contributed by atoms with Crippen LogP contribution in [0, 0.1) is 0 Å². The second-order valence-electron chi connectivity index (χ2n) is 5.79. The van der Waals surface area contributed by atoms with E-state index in [-0.39, 0.29) is 130 Å². The van der Waals surface area contributed by atoms with Gasteiger partial charge in [-0.05, 0) is 59.4 Å². The fraction of sp³-hybridized carbons (Fsp3) is 0.222. The van der Waals surface area contributed by atoms with E-state index in [0.29, 0.717) is 12.8 Å². The van der Waals surface area contributed by atoms with Gasteiger partial charge in [-0.3, -0.25) is 0 Å². The van der Waals surface area contributed by atoms with Crippen LogP contribution in [0.4, 0.5) is 0 Å². The van der Waals surface area contributed by atoms with Crippen LogP contribution in [-0.2, 0) is 9.13 Å². The van der Waals surface area contributed by atoms with Crippen molar-refractivity contribution in [3.63, 3.8) is 0 Å². The van der Waals surface area contributed by atoms with Gasteiger partial charge in [0.05, 0.1) is 0 Å². The molecule has 32 heavy (non-hydrogen) atoms. The topological polar surface area (TPSA) is 145 Å². The molecule has 0 radical (unpaired) electrons. The monoisotopic (exact) mass is 516 g/mol. The summed E-state index contributed by atoms with van der Waals surface area (Å²) in [5.41, 5.74) is 3.60. The zero-order valence-electron chi connectivity index (χ0n) is 19.2. The van der Waals surface area contributed by atoms with Crippen LogP contribution in [0.25, 0.3) is 11.1 Å². The van der Waals surface area contributed by atoms with Gasteiger partial charge in [-0.1, -0.05) is 38.1 Å². The van der Waals surface area contributed by atoms with Gasteiger partial charge in [0.1, 0.15) is 27.1 Å². The molecule has 2 rings (SSSR count). The first-order valence-corrected chi connectivity index (χ1v) is 11.3. The molecule has 0 aliphatic rings. The van der Waals surface area contributed by atoms with E-state index in [1.807, 2.05) is 13.8 Å². The van der Waals surface area contributed by atoms with Crippen molar-refractivity contribution >= 4 is 26.8 Å². The SMILES string of the molecule is CCC(=C(CC)c1ccc(OP(=O)([O-])[O-])cc1)c1ccc(OP(=O)([O-])[O-])cc1.[Na+].[Na+].[Na+].[Na+]. The van der Waals surface area contributed by atoms with Crippen LogP contribution in [0.1, 0.15) is 37.8 Å². The molecule has 14 heteroatoms. The summed E-state index contributed by atoms with van der Waals surface area (Å²) in [6.07, 6.45) is 1.33. The molecule has 0 spiro atoms. The minimum atomic E-state index is -5.11. The third kappa shape index (κ3) is 13.4. The number of allylic oxidation sites excluding steroid dienone is 2. The molecule has 0 heterocycles. The predicted octanol–water partition coefficient (Wildman–Crippen LogP) is -10.2. The Hall–Kier alpha value is 2.08. The van der Waals surface area contributed by atoms with E-state index in [9.17, 15) is 28.7 Å². The molecule has 0 N–H and O–H groups in total. The Morgan fingerprint density at radius 2 is 0.875 bits per heavy atom. The summed E-state index contributed by atoms with van der Waals surface area (Å²) in [5.74, 6) is -0.126. The Kier molecular flexibility index (Phi) is 21.1. The normalized spacial score (nSPS) is 11.4. The molecule has 0 bridgehead atoms. The zero-order valence-corrected chi connectivity index (χ0v) is 29.0. The van der Waals surface area contributed by atoms with E-state index in [4.69, 9.17) is 0 Å². The summed E-state index contributed by atoms with van der Waals surface area (Å²) in [5, 5.41) is 0. The van der Waals surface area contributed by atoms with Crippen molar-refractivity contribution in [2.75, 3.05) is 0 Å². The molecule has 2 aromatic rings. The molecule has 0 atom stereocenters. The van der Waals surface area contributed by atoms with Crippen molar-refractivity contribution in [1.29, 1.82) is 0 Å². The fourth-order valence-corrected chi connectivity index (χ4v) is 3.64. The van der Waals surface area contributed by atoms with Gasteiger partial charge in [0.15, 0.2) is 0 Å². The number of rotatable bonds is 8. The molecule has 152 valence electrons. The van der Waals surface area contributed by atoms with Gasteiger partial charge in [-0.15, -0.1) is 0 Å². The van der Waals surface area contributed by atoms with E-state index < -0.39 is 15.6 Å². The molecule has 0 fully saturated rings. The van der Waals surface area contributed by atoms with E-state index in [1.165, 1.54) is 24.3 Å².